The summed E-state index contributed by atoms with van der Waals surface area (Å²) in [6, 6.07) is 15.2. The highest BCUT2D eigenvalue weighted by Crippen LogP contribution is 2.33. The average Bonchev–Trinajstić information content (AvgIpc) is 2.76. The van der Waals surface area contributed by atoms with Crippen LogP contribution >= 0.6 is 23.8 Å². The second kappa shape index (κ2) is 5.47. The lowest BCUT2D eigenvalue weighted by molar-refractivity contribution is -0.115. The van der Waals surface area contributed by atoms with E-state index >= 15 is 0 Å². The van der Waals surface area contributed by atoms with Crippen LogP contribution in [0.15, 0.2) is 48.5 Å². The number of halogens is 1. The Hall–Kier alpha value is -1.91. The van der Waals surface area contributed by atoms with Crippen LogP contribution in [0, 0.1) is 6.92 Å². The Kier molecular flexibility index (Phi) is 3.66. The third-order valence-electron chi connectivity index (χ3n) is 3.44. The molecule has 0 aromatic heterocycles. The molecule has 0 aliphatic carbocycles. The van der Waals surface area contributed by atoms with E-state index in [1.165, 1.54) is 4.90 Å². The monoisotopic (exact) mass is 316 g/mol. The van der Waals surface area contributed by atoms with Gasteiger partial charge in [0.15, 0.2) is 5.11 Å². The first kappa shape index (κ1) is 14.0. The third-order valence-corrected chi connectivity index (χ3v) is 4.15. The first-order chi connectivity index (χ1) is 10.1. The molecule has 3 nitrogen and oxygen atoms in total. The SMILES string of the molecule is Cc1cccc(Cl)c1N1C(=O)CN(c2ccccc2)C1=S. The maximum Gasteiger partial charge on any atom is 0.253 e. The van der Waals surface area contributed by atoms with Gasteiger partial charge in [-0.15, -0.1) is 0 Å². The predicted octanol–water partition coefficient (Wildman–Crippen LogP) is 3.79. The second-order valence-electron chi connectivity index (χ2n) is 4.84. The number of carbonyl (C=O) groups is 1. The van der Waals surface area contributed by atoms with E-state index in [-0.39, 0.29) is 12.5 Å². The van der Waals surface area contributed by atoms with Gasteiger partial charge in [0.2, 0.25) is 0 Å². The van der Waals surface area contributed by atoms with Gasteiger partial charge < -0.3 is 4.90 Å². The zero-order chi connectivity index (χ0) is 15.0. The van der Waals surface area contributed by atoms with Gasteiger partial charge in [0.05, 0.1) is 10.7 Å². The number of thiocarbonyl (C=S) groups is 1. The largest absolute Gasteiger partial charge is 0.309 e. The summed E-state index contributed by atoms with van der Waals surface area (Å²) in [5.41, 5.74) is 2.50. The zero-order valence-electron chi connectivity index (χ0n) is 11.4. The zero-order valence-corrected chi connectivity index (χ0v) is 13.0. The molecule has 106 valence electrons. The normalized spacial score (nSPS) is 15.0. The van der Waals surface area contributed by atoms with Crippen LogP contribution in [0.3, 0.4) is 0 Å². The molecule has 2 aromatic rings. The van der Waals surface area contributed by atoms with Crippen molar-refractivity contribution in [2.75, 3.05) is 16.3 Å². The van der Waals surface area contributed by atoms with Crippen molar-refractivity contribution in [2.24, 2.45) is 0 Å². The summed E-state index contributed by atoms with van der Waals surface area (Å²) >= 11 is 11.8. The van der Waals surface area contributed by atoms with Crippen molar-refractivity contribution in [2.45, 2.75) is 6.92 Å². The van der Waals surface area contributed by atoms with Crippen molar-refractivity contribution in [1.29, 1.82) is 0 Å². The van der Waals surface area contributed by atoms with Gasteiger partial charge in [-0.05, 0) is 42.9 Å². The molecule has 2 aromatic carbocycles. The highest BCUT2D eigenvalue weighted by molar-refractivity contribution is 7.81. The minimum atomic E-state index is -0.0694. The summed E-state index contributed by atoms with van der Waals surface area (Å²) in [5, 5.41) is 0.989. The Balaban J connectivity index is 2.02. The van der Waals surface area contributed by atoms with Crippen LogP contribution in [-0.2, 0) is 4.79 Å². The topological polar surface area (TPSA) is 23.6 Å². The summed E-state index contributed by atoms with van der Waals surface area (Å²) in [6.07, 6.45) is 0. The van der Waals surface area contributed by atoms with Crippen molar-refractivity contribution in [3.8, 4) is 0 Å². The molecule has 0 N–H and O–H groups in total. The van der Waals surface area contributed by atoms with Gasteiger partial charge in [-0.25, -0.2) is 0 Å². The Morgan fingerprint density at radius 3 is 2.48 bits per heavy atom. The molecule has 1 aliphatic heterocycles. The number of hydrogen-bond donors (Lipinski definition) is 0. The van der Waals surface area contributed by atoms with Crippen LogP contribution in [-0.4, -0.2) is 17.6 Å². The van der Waals surface area contributed by atoms with Crippen LogP contribution in [0.5, 0.6) is 0 Å². The Morgan fingerprint density at radius 2 is 1.81 bits per heavy atom. The van der Waals surface area contributed by atoms with Crippen LogP contribution in [0.25, 0.3) is 0 Å². The summed E-state index contributed by atoms with van der Waals surface area (Å²) in [5.74, 6) is -0.0694. The van der Waals surface area contributed by atoms with E-state index in [9.17, 15) is 4.79 Å². The maximum atomic E-state index is 12.4. The Labute approximate surface area is 133 Å². The van der Waals surface area contributed by atoms with E-state index in [4.69, 9.17) is 23.8 Å². The number of rotatable bonds is 2. The number of aryl methyl sites for hydroxylation is 1. The van der Waals surface area contributed by atoms with Crippen molar-refractivity contribution < 1.29 is 4.79 Å². The molecule has 0 bridgehead atoms. The molecule has 1 saturated heterocycles. The van der Waals surface area contributed by atoms with Gasteiger partial charge in [-0.2, -0.15) is 0 Å². The molecular formula is C16H13ClN2OS. The van der Waals surface area contributed by atoms with Gasteiger partial charge in [0, 0.05) is 5.69 Å². The molecule has 1 aliphatic rings. The minimum Gasteiger partial charge on any atom is -0.309 e. The maximum absolute atomic E-state index is 12.4. The lowest BCUT2D eigenvalue weighted by atomic mass is 10.2. The van der Waals surface area contributed by atoms with Crippen LogP contribution in [0.4, 0.5) is 11.4 Å². The highest BCUT2D eigenvalue weighted by Gasteiger charge is 2.36. The lowest BCUT2D eigenvalue weighted by Gasteiger charge is -2.22. The van der Waals surface area contributed by atoms with E-state index in [0.29, 0.717) is 15.8 Å². The fraction of sp³-hybridized carbons (Fsp3) is 0.125. The van der Waals surface area contributed by atoms with Crippen LogP contribution in [0.2, 0.25) is 5.02 Å². The van der Waals surface area contributed by atoms with Crippen molar-refractivity contribution in [3.63, 3.8) is 0 Å². The fourth-order valence-corrected chi connectivity index (χ4v) is 3.11. The van der Waals surface area contributed by atoms with E-state index in [2.05, 4.69) is 0 Å². The van der Waals surface area contributed by atoms with Gasteiger partial charge >= 0.3 is 0 Å². The fourth-order valence-electron chi connectivity index (χ4n) is 2.44. The number of nitrogens with zero attached hydrogens (tertiary/aromatic N) is 2. The van der Waals surface area contributed by atoms with E-state index < -0.39 is 0 Å². The van der Waals surface area contributed by atoms with E-state index in [1.807, 2.05) is 54.3 Å². The quantitative estimate of drug-likeness (QED) is 0.788. The smallest absolute Gasteiger partial charge is 0.253 e. The third kappa shape index (κ3) is 2.41. The number of para-hydroxylation sites is 2. The molecule has 1 amide bonds. The average molecular weight is 317 g/mol. The summed E-state index contributed by atoms with van der Waals surface area (Å²) < 4.78 is 0. The predicted molar refractivity (Wildman–Crippen MR) is 90.1 cm³/mol. The number of amides is 1. The molecule has 21 heavy (non-hydrogen) atoms. The second-order valence-corrected chi connectivity index (χ2v) is 5.61. The molecule has 1 fully saturated rings. The summed E-state index contributed by atoms with van der Waals surface area (Å²) in [7, 11) is 0. The van der Waals surface area contributed by atoms with E-state index in [1.54, 1.807) is 6.07 Å². The van der Waals surface area contributed by atoms with E-state index in [0.717, 1.165) is 11.3 Å². The minimum absolute atomic E-state index is 0.0694. The number of hydrogen-bond acceptors (Lipinski definition) is 2. The lowest BCUT2D eigenvalue weighted by Crippen LogP contribution is -2.33. The molecule has 0 unspecified atom stereocenters. The molecule has 3 rings (SSSR count). The Morgan fingerprint density at radius 1 is 1.10 bits per heavy atom. The molecule has 0 saturated carbocycles. The molecule has 0 spiro atoms. The number of benzene rings is 2. The Bertz CT molecular complexity index is 697. The molecular weight excluding hydrogens is 304 g/mol. The summed E-state index contributed by atoms with van der Waals surface area (Å²) in [4.78, 5) is 15.8. The highest BCUT2D eigenvalue weighted by atomic mass is 35.5. The number of carbonyl (C=O) groups excluding carboxylic acids is 1. The molecule has 5 heteroatoms. The standard InChI is InChI=1S/C16H13ClN2OS/c1-11-6-5-9-13(17)15(11)19-14(20)10-18(16(19)21)12-7-3-2-4-8-12/h2-9H,10H2,1H3. The van der Waals surface area contributed by atoms with Crippen molar-refractivity contribution in [3.05, 3.63) is 59.1 Å². The molecule has 1 heterocycles. The first-order valence-electron chi connectivity index (χ1n) is 6.54. The molecule has 0 radical (unpaired) electrons. The van der Waals surface area contributed by atoms with Crippen LogP contribution < -0.4 is 9.80 Å². The number of anilines is 2. The summed E-state index contributed by atoms with van der Waals surface area (Å²) in [6.45, 7) is 2.15. The van der Waals surface area contributed by atoms with Crippen molar-refractivity contribution in [1.82, 2.24) is 0 Å². The first-order valence-corrected chi connectivity index (χ1v) is 7.33. The van der Waals surface area contributed by atoms with Gasteiger partial charge in [0.1, 0.15) is 6.54 Å². The van der Waals surface area contributed by atoms with Crippen LogP contribution in [0.1, 0.15) is 5.56 Å². The van der Waals surface area contributed by atoms with Gasteiger partial charge in [-0.1, -0.05) is 41.9 Å². The van der Waals surface area contributed by atoms with Gasteiger partial charge in [0.25, 0.3) is 5.91 Å². The van der Waals surface area contributed by atoms with Crippen molar-refractivity contribution >= 4 is 46.2 Å². The van der Waals surface area contributed by atoms with Gasteiger partial charge in [-0.3, -0.25) is 9.69 Å². The molecule has 0 atom stereocenters.